The second kappa shape index (κ2) is 6.25. The van der Waals surface area contributed by atoms with Gasteiger partial charge in [-0.15, -0.1) is 0 Å². The number of non-ortho nitro benzene ring substituents is 1. The van der Waals surface area contributed by atoms with Crippen molar-refractivity contribution in [3.63, 3.8) is 0 Å². The van der Waals surface area contributed by atoms with Gasteiger partial charge in [0.25, 0.3) is 5.69 Å². The van der Waals surface area contributed by atoms with Gasteiger partial charge in [0.05, 0.1) is 15.8 Å². The fourth-order valence-electron chi connectivity index (χ4n) is 2.76. The molecule has 2 heterocycles. The van der Waals surface area contributed by atoms with Crippen LogP contribution in [0.4, 0.5) is 5.69 Å². The first kappa shape index (κ1) is 15.7. The monoisotopic (exact) mass is 348 g/mol. The minimum absolute atomic E-state index is 0.0722. The van der Waals surface area contributed by atoms with Crippen molar-refractivity contribution in [1.29, 1.82) is 0 Å². The van der Waals surface area contributed by atoms with Crippen LogP contribution in [-0.4, -0.2) is 32.3 Å². The van der Waals surface area contributed by atoms with E-state index in [4.69, 9.17) is 4.74 Å². The number of ketones is 1. The van der Waals surface area contributed by atoms with Gasteiger partial charge in [-0.2, -0.15) is 0 Å². The van der Waals surface area contributed by atoms with Crippen LogP contribution in [0.3, 0.4) is 0 Å². The predicted octanol–water partition coefficient (Wildman–Crippen LogP) is 3.28. The molecule has 0 radical (unpaired) electrons. The highest BCUT2D eigenvalue weighted by atomic mass is 16.6. The van der Waals surface area contributed by atoms with Gasteiger partial charge < -0.3 is 9.72 Å². The molecule has 0 aliphatic rings. The highest BCUT2D eigenvalue weighted by molar-refractivity contribution is 6.08. The number of nitro groups is 1. The molecule has 1 N–H and O–H groups in total. The lowest BCUT2D eigenvalue weighted by molar-refractivity contribution is -0.384. The number of ether oxygens (including phenoxy) is 1. The molecule has 128 valence electrons. The Kier molecular flexibility index (Phi) is 3.77. The lowest BCUT2D eigenvalue weighted by atomic mass is 10.1. The van der Waals surface area contributed by atoms with Gasteiger partial charge >= 0.3 is 0 Å². The number of rotatable bonds is 5. The first-order chi connectivity index (χ1) is 12.6. The van der Waals surface area contributed by atoms with E-state index in [1.54, 1.807) is 6.20 Å². The average Bonchev–Trinajstić information content (AvgIpc) is 3.09. The van der Waals surface area contributed by atoms with Gasteiger partial charge in [-0.05, 0) is 12.1 Å². The van der Waals surface area contributed by atoms with Crippen molar-refractivity contribution in [2.75, 3.05) is 6.61 Å². The quantitative estimate of drug-likeness (QED) is 0.336. The van der Waals surface area contributed by atoms with E-state index >= 15 is 0 Å². The summed E-state index contributed by atoms with van der Waals surface area (Å²) in [5.74, 6) is 0.00853. The third-order valence-electron chi connectivity index (χ3n) is 4.02. The molecule has 4 aromatic rings. The highest BCUT2D eigenvalue weighted by Gasteiger charge is 2.15. The molecule has 0 atom stereocenters. The number of carbonyl (C=O) groups is 1. The van der Waals surface area contributed by atoms with Crippen LogP contribution in [0.1, 0.15) is 10.4 Å². The molecule has 0 amide bonds. The summed E-state index contributed by atoms with van der Waals surface area (Å²) < 4.78 is 5.57. The molecule has 0 unspecified atom stereocenters. The van der Waals surface area contributed by atoms with Gasteiger partial charge in [0.15, 0.2) is 6.61 Å². The molecule has 2 aromatic carbocycles. The summed E-state index contributed by atoms with van der Waals surface area (Å²) in [7, 11) is 0. The van der Waals surface area contributed by atoms with Gasteiger partial charge in [0.2, 0.25) is 11.7 Å². The number of hydrogen-bond donors (Lipinski definition) is 1. The van der Waals surface area contributed by atoms with Gasteiger partial charge in [-0.25, -0.2) is 9.97 Å². The molecular weight excluding hydrogens is 336 g/mol. The lowest BCUT2D eigenvalue weighted by Crippen LogP contribution is -2.12. The zero-order valence-corrected chi connectivity index (χ0v) is 13.4. The Labute approximate surface area is 146 Å². The van der Waals surface area contributed by atoms with Crippen LogP contribution in [0, 0.1) is 10.1 Å². The molecule has 0 aliphatic heterocycles. The first-order valence-corrected chi connectivity index (χ1v) is 7.75. The van der Waals surface area contributed by atoms with Gasteiger partial charge in [-0.1, -0.05) is 18.2 Å². The smallest absolute Gasteiger partial charge is 0.271 e. The van der Waals surface area contributed by atoms with Gasteiger partial charge in [-0.3, -0.25) is 14.9 Å². The van der Waals surface area contributed by atoms with Crippen molar-refractivity contribution >= 4 is 33.3 Å². The van der Waals surface area contributed by atoms with E-state index in [-0.39, 0.29) is 24.0 Å². The molecule has 26 heavy (non-hydrogen) atoms. The molecular formula is C18H12N4O4. The largest absolute Gasteiger partial charge is 0.469 e. The number of aromatic nitrogens is 3. The third-order valence-corrected chi connectivity index (χ3v) is 4.02. The molecule has 0 fully saturated rings. The van der Waals surface area contributed by atoms with E-state index in [9.17, 15) is 14.9 Å². The maximum atomic E-state index is 12.5. The number of nitrogens with zero attached hydrogens (tertiary/aromatic N) is 3. The van der Waals surface area contributed by atoms with Crippen molar-refractivity contribution in [1.82, 2.24) is 15.0 Å². The summed E-state index contributed by atoms with van der Waals surface area (Å²) in [5, 5.41) is 12.2. The summed E-state index contributed by atoms with van der Waals surface area (Å²) in [6.45, 7) is -0.203. The fraction of sp³-hybridized carbons (Fsp3) is 0.0556. The summed E-state index contributed by atoms with van der Waals surface area (Å²) >= 11 is 0. The topological polar surface area (TPSA) is 111 Å². The van der Waals surface area contributed by atoms with Crippen LogP contribution < -0.4 is 4.74 Å². The Hall–Kier alpha value is -3.81. The fourth-order valence-corrected chi connectivity index (χ4v) is 2.76. The number of carbonyl (C=O) groups excluding carboxylic acids is 1. The highest BCUT2D eigenvalue weighted by Crippen LogP contribution is 2.25. The van der Waals surface area contributed by atoms with Crippen LogP contribution >= 0.6 is 0 Å². The van der Waals surface area contributed by atoms with Crippen LogP contribution in [0.25, 0.3) is 21.8 Å². The Morgan fingerprint density at radius 1 is 1.15 bits per heavy atom. The third kappa shape index (κ3) is 2.73. The van der Waals surface area contributed by atoms with Crippen molar-refractivity contribution in [2.45, 2.75) is 0 Å². The Balaban J connectivity index is 1.59. The van der Waals surface area contributed by atoms with Crippen molar-refractivity contribution in [2.24, 2.45) is 0 Å². The Morgan fingerprint density at radius 3 is 2.85 bits per heavy atom. The van der Waals surface area contributed by atoms with Crippen LogP contribution in [0.15, 0.2) is 55.0 Å². The number of Topliss-reactive ketones (excluding diaryl/α,β-unsaturated/α-hetero) is 1. The lowest BCUT2D eigenvalue weighted by Gasteiger charge is -2.07. The second-order valence-corrected chi connectivity index (χ2v) is 5.60. The molecule has 4 rings (SSSR count). The number of nitrogens with one attached hydrogen (secondary N) is 1. The minimum Gasteiger partial charge on any atom is -0.469 e. The molecule has 2 aromatic heterocycles. The van der Waals surface area contributed by atoms with Gasteiger partial charge in [0, 0.05) is 34.8 Å². The molecule has 0 saturated heterocycles. The summed E-state index contributed by atoms with van der Waals surface area (Å²) in [6.07, 6.45) is 2.90. The van der Waals surface area contributed by atoms with E-state index in [2.05, 4.69) is 15.0 Å². The molecule has 0 aliphatic carbocycles. The van der Waals surface area contributed by atoms with Crippen molar-refractivity contribution in [3.8, 4) is 5.88 Å². The normalized spacial score (nSPS) is 10.9. The Bertz CT molecular complexity index is 1150. The maximum absolute atomic E-state index is 12.5. The van der Waals surface area contributed by atoms with E-state index in [0.29, 0.717) is 16.5 Å². The number of H-pyrrole nitrogens is 1. The zero-order valence-electron chi connectivity index (χ0n) is 13.4. The number of benzene rings is 2. The summed E-state index contributed by atoms with van der Waals surface area (Å²) in [4.78, 5) is 34.0. The summed E-state index contributed by atoms with van der Waals surface area (Å²) in [6, 6.07) is 11.7. The number of hydrogen-bond acceptors (Lipinski definition) is 6. The standard InChI is InChI=1S/C18H12N4O4/c23-17(14-8-19-15-4-2-1-3-12(14)15)9-26-18-13-6-5-11(22(24)25)7-16(13)20-10-21-18/h1-8,10,19H,9H2. The van der Waals surface area contributed by atoms with Gasteiger partial charge in [0.1, 0.15) is 6.33 Å². The van der Waals surface area contributed by atoms with Crippen molar-refractivity contribution in [3.05, 3.63) is 70.7 Å². The molecule has 0 saturated carbocycles. The van der Waals surface area contributed by atoms with Crippen LogP contribution in [0.5, 0.6) is 5.88 Å². The number of aromatic amines is 1. The van der Waals surface area contributed by atoms with E-state index < -0.39 is 4.92 Å². The predicted molar refractivity (Wildman–Crippen MR) is 94.3 cm³/mol. The summed E-state index contributed by atoms with van der Waals surface area (Å²) in [5.41, 5.74) is 1.71. The average molecular weight is 348 g/mol. The number of para-hydroxylation sites is 1. The first-order valence-electron chi connectivity index (χ1n) is 7.75. The van der Waals surface area contributed by atoms with Crippen LogP contribution in [0.2, 0.25) is 0 Å². The molecule has 8 heteroatoms. The maximum Gasteiger partial charge on any atom is 0.271 e. The number of nitro benzene ring substituents is 1. The Morgan fingerprint density at radius 2 is 2.00 bits per heavy atom. The van der Waals surface area contributed by atoms with Crippen LogP contribution in [-0.2, 0) is 0 Å². The zero-order chi connectivity index (χ0) is 18.1. The SMILES string of the molecule is O=C(COc1ncnc2cc([N+](=O)[O-])ccc12)c1c[nH]c2ccccc12. The van der Waals surface area contributed by atoms with E-state index in [1.807, 2.05) is 24.3 Å². The van der Waals surface area contributed by atoms with E-state index in [1.165, 1.54) is 24.5 Å². The molecule has 0 spiro atoms. The second-order valence-electron chi connectivity index (χ2n) is 5.60. The molecule has 8 nitrogen and oxygen atoms in total. The minimum atomic E-state index is -0.497. The molecule has 0 bridgehead atoms. The number of fused-ring (bicyclic) bond motifs is 2. The van der Waals surface area contributed by atoms with Crippen molar-refractivity contribution < 1.29 is 14.5 Å². The van der Waals surface area contributed by atoms with E-state index in [0.717, 1.165) is 10.9 Å².